The number of carbonyl (C=O) groups is 1. The molecule has 0 saturated heterocycles. The van der Waals surface area contributed by atoms with Crippen LogP contribution < -0.4 is 5.32 Å². The van der Waals surface area contributed by atoms with Gasteiger partial charge in [0.25, 0.3) is 0 Å². The molecule has 0 aliphatic carbocycles. The van der Waals surface area contributed by atoms with Crippen molar-refractivity contribution >= 4 is 5.91 Å². The van der Waals surface area contributed by atoms with Crippen LogP contribution in [0.3, 0.4) is 0 Å². The molecule has 3 nitrogen and oxygen atoms in total. The Morgan fingerprint density at radius 3 is 2.64 bits per heavy atom. The number of ether oxygens (including phenoxy) is 1. The molecule has 1 amide bonds. The fraction of sp³-hybridized carbons (Fsp3) is 0.875. The molecule has 0 heterocycles. The first-order chi connectivity index (χ1) is 5.26. The second-order valence-electron chi connectivity index (χ2n) is 2.48. The van der Waals surface area contributed by atoms with Crippen molar-refractivity contribution in [1.29, 1.82) is 0 Å². The first-order valence-corrected chi connectivity index (χ1v) is 4.00. The van der Waals surface area contributed by atoms with E-state index >= 15 is 0 Å². The van der Waals surface area contributed by atoms with E-state index in [4.69, 9.17) is 4.74 Å². The minimum absolute atomic E-state index is 0.0269. The molecule has 0 radical (unpaired) electrons. The number of hydrogen-bond acceptors (Lipinski definition) is 2. The second kappa shape index (κ2) is 6.16. The Bertz CT molecular complexity index is 115. The van der Waals surface area contributed by atoms with E-state index in [0.29, 0.717) is 0 Å². The van der Waals surface area contributed by atoms with Gasteiger partial charge in [-0.2, -0.15) is 0 Å². The van der Waals surface area contributed by atoms with Gasteiger partial charge < -0.3 is 10.1 Å². The average Bonchev–Trinajstić information content (AvgIpc) is 2.05. The van der Waals surface area contributed by atoms with Crippen molar-refractivity contribution in [2.75, 3.05) is 14.2 Å². The summed E-state index contributed by atoms with van der Waals surface area (Å²) in [7, 11) is 3.19. The molecule has 11 heavy (non-hydrogen) atoms. The molecule has 0 rings (SSSR count). The van der Waals surface area contributed by atoms with Crippen molar-refractivity contribution < 1.29 is 9.53 Å². The molecule has 0 aromatic carbocycles. The summed E-state index contributed by atoms with van der Waals surface area (Å²) in [5.41, 5.74) is 0. The fourth-order valence-electron chi connectivity index (χ4n) is 0.906. The summed E-state index contributed by atoms with van der Waals surface area (Å²) in [5, 5.41) is 2.56. The third-order valence-corrected chi connectivity index (χ3v) is 1.64. The van der Waals surface area contributed by atoms with Crippen LogP contribution in [0.5, 0.6) is 0 Å². The molecule has 1 atom stereocenters. The quantitative estimate of drug-likeness (QED) is 0.648. The zero-order valence-electron chi connectivity index (χ0n) is 7.52. The number of rotatable bonds is 5. The third-order valence-electron chi connectivity index (χ3n) is 1.64. The van der Waals surface area contributed by atoms with Crippen LogP contribution >= 0.6 is 0 Å². The van der Waals surface area contributed by atoms with E-state index in [-0.39, 0.29) is 12.0 Å². The Hall–Kier alpha value is -0.570. The van der Waals surface area contributed by atoms with Crippen LogP contribution in [0.15, 0.2) is 0 Å². The Kier molecular flexibility index (Phi) is 5.84. The summed E-state index contributed by atoms with van der Waals surface area (Å²) >= 11 is 0. The zero-order valence-corrected chi connectivity index (χ0v) is 7.52. The first kappa shape index (κ1) is 10.4. The van der Waals surface area contributed by atoms with Gasteiger partial charge in [-0.3, -0.25) is 4.79 Å². The summed E-state index contributed by atoms with van der Waals surface area (Å²) in [6.45, 7) is 2.09. The third kappa shape index (κ3) is 3.98. The van der Waals surface area contributed by atoms with E-state index in [2.05, 4.69) is 12.2 Å². The van der Waals surface area contributed by atoms with Crippen LogP contribution in [0.2, 0.25) is 0 Å². The number of likely N-dealkylation sites (N-methyl/N-ethyl adjacent to an activating group) is 1. The lowest BCUT2D eigenvalue weighted by molar-refractivity contribution is -0.130. The van der Waals surface area contributed by atoms with Gasteiger partial charge in [-0.25, -0.2) is 0 Å². The molecule has 0 aliphatic rings. The van der Waals surface area contributed by atoms with Crippen molar-refractivity contribution in [1.82, 2.24) is 5.32 Å². The van der Waals surface area contributed by atoms with Gasteiger partial charge in [0.1, 0.15) is 6.10 Å². The Labute approximate surface area is 68.1 Å². The van der Waals surface area contributed by atoms with Gasteiger partial charge in [-0.1, -0.05) is 19.8 Å². The van der Waals surface area contributed by atoms with Crippen molar-refractivity contribution in [3.05, 3.63) is 0 Å². The molecule has 0 spiro atoms. The maximum atomic E-state index is 11.0. The molecule has 0 aromatic rings. The summed E-state index contributed by atoms with van der Waals surface area (Å²) in [6, 6.07) is 0. The highest BCUT2D eigenvalue weighted by Crippen LogP contribution is 2.03. The van der Waals surface area contributed by atoms with Crippen LogP contribution in [-0.4, -0.2) is 26.2 Å². The van der Waals surface area contributed by atoms with E-state index in [1.807, 2.05) is 0 Å². The Balaban J connectivity index is 3.65. The lowest BCUT2D eigenvalue weighted by Gasteiger charge is -2.12. The molecule has 0 aliphatic heterocycles. The first-order valence-electron chi connectivity index (χ1n) is 4.00. The number of amides is 1. The van der Waals surface area contributed by atoms with E-state index in [1.54, 1.807) is 14.2 Å². The van der Waals surface area contributed by atoms with Crippen LogP contribution in [0.25, 0.3) is 0 Å². The second-order valence-corrected chi connectivity index (χ2v) is 2.48. The van der Waals surface area contributed by atoms with Crippen LogP contribution in [0, 0.1) is 0 Å². The highest BCUT2D eigenvalue weighted by atomic mass is 16.5. The van der Waals surface area contributed by atoms with Gasteiger partial charge in [-0.15, -0.1) is 0 Å². The van der Waals surface area contributed by atoms with E-state index in [9.17, 15) is 4.79 Å². The predicted molar refractivity (Wildman–Crippen MR) is 44.4 cm³/mol. The summed E-state index contributed by atoms with van der Waals surface area (Å²) < 4.78 is 4.99. The fourth-order valence-corrected chi connectivity index (χ4v) is 0.906. The summed E-state index contributed by atoms with van der Waals surface area (Å²) in [6.07, 6.45) is 2.68. The van der Waals surface area contributed by atoms with Crippen molar-refractivity contribution in [2.45, 2.75) is 32.3 Å². The van der Waals surface area contributed by atoms with E-state index < -0.39 is 0 Å². The van der Waals surface area contributed by atoms with Gasteiger partial charge in [0.05, 0.1) is 0 Å². The number of unbranched alkanes of at least 4 members (excludes halogenated alkanes) is 1. The summed E-state index contributed by atoms with van der Waals surface area (Å²) in [4.78, 5) is 11.0. The molecule has 3 heteroatoms. The highest BCUT2D eigenvalue weighted by molar-refractivity contribution is 5.80. The normalized spacial score (nSPS) is 12.6. The number of methoxy groups -OCH3 is 1. The molecular weight excluding hydrogens is 142 g/mol. The standard InChI is InChI=1S/C8H17NO2/c1-4-5-6-7(11-3)8(10)9-2/h7H,4-6H2,1-3H3,(H,9,10). The van der Waals surface area contributed by atoms with Crippen molar-refractivity contribution in [3.8, 4) is 0 Å². The molecule has 0 saturated carbocycles. The number of carbonyl (C=O) groups excluding carboxylic acids is 1. The molecular formula is C8H17NO2. The largest absolute Gasteiger partial charge is 0.372 e. The Morgan fingerprint density at radius 2 is 2.27 bits per heavy atom. The molecule has 66 valence electrons. The SMILES string of the molecule is CCCCC(OC)C(=O)NC. The Morgan fingerprint density at radius 1 is 1.64 bits per heavy atom. The van der Waals surface area contributed by atoms with Crippen LogP contribution in [-0.2, 0) is 9.53 Å². The minimum atomic E-state index is -0.264. The molecule has 0 bridgehead atoms. The molecule has 1 unspecified atom stereocenters. The predicted octanol–water partition coefficient (Wildman–Crippen LogP) is 0.938. The zero-order chi connectivity index (χ0) is 8.69. The van der Waals surface area contributed by atoms with Crippen molar-refractivity contribution in [2.24, 2.45) is 0 Å². The maximum Gasteiger partial charge on any atom is 0.248 e. The topological polar surface area (TPSA) is 38.3 Å². The van der Waals surface area contributed by atoms with Crippen LogP contribution in [0.4, 0.5) is 0 Å². The molecule has 0 aromatic heterocycles. The molecule has 1 N–H and O–H groups in total. The monoisotopic (exact) mass is 159 g/mol. The van der Waals surface area contributed by atoms with Gasteiger partial charge >= 0.3 is 0 Å². The maximum absolute atomic E-state index is 11.0. The van der Waals surface area contributed by atoms with Gasteiger partial charge in [0.15, 0.2) is 0 Å². The van der Waals surface area contributed by atoms with Crippen LogP contribution in [0.1, 0.15) is 26.2 Å². The smallest absolute Gasteiger partial charge is 0.248 e. The average molecular weight is 159 g/mol. The van der Waals surface area contributed by atoms with E-state index in [1.165, 1.54) is 0 Å². The van der Waals surface area contributed by atoms with Crippen molar-refractivity contribution in [3.63, 3.8) is 0 Å². The number of nitrogens with one attached hydrogen (secondary N) is 1. The highest BCUT2D eigenvalue weighted by Gasteiger charge is 2.14. The number of hydrogen-bond donors (Lipinski definition) is 1. The van der Waals surface area contributed by atoms with Gasteiger partial charge in [-0.05, 0) is 6.42 Å². The lowest BCUT2D eigenvalue weighted by Crippen LogP contribution is -2.33. The van der Waals surface area contributed by atoms with E-state index in [0.717, 1.165) is 19.3 Å². The lowest BCUT2D eigenvalue weighted by atomic mass is 10.1. The summed E-state index contributed by atoms with van der Waals surface area (Å²) in [5.74, 6) is -0.0269. The van der Waals surface area contributed by atoms with Gasteiger partial charge in [0, 0.05) is 14.2 Å². The minimum Gasteiger partial charge on any atom is -0.372 e. The molecule has 0 fully saturated rings. The van der Waals surface area contributed by atoms with Gasteiger partial charge in [0.2, 0.25) is 5.91 Å².